The Bertz CT molecular complexity index is 1230. The molecule has 4 aromatic rings. The highest BCUT2D eigenvalue weighted by molar-refractivity contribution is 14.1. The first-order chi connectivity index (χ1) is 16.6. The van der Waals surface area contributed by atoms with Gasteiger partial charge in [0.2, 0.25) is 0 Å². The van der Waals surface area contributed by atoms with Gasteiger partial charge in [0.15, 0.2) is 11.6 Å². The third-order valence-electron chi connectivity index (χ3n) is 5.88. The van der Waals surface area contributed by atoms with E-state index in [1.165, 1.54) is 5.56 Å². The molecule has 8 heteroatoms. The minimum Gasteiger partial charge on any atom is -0.483 e. The molecule has 0 atom stereocenters. The van der Waals surface area contributed by atoms with Gasteiger partial charge in [-0.3, -0.25) is 0 Å². The van der Waals surface area contributed by atoms with Crippen LogP contribution in [0.3, 0.4) is 0 Å². The van der Waals surface area contributed by atoms with Crippen LogP contribution in [0.1, 0.15) is 31.0 Å². The van der Waals surface area contributed by atoms with E-state index in [-0.39, 0.29) is 0 Å². The number of aromatic nitrogens is 2. The number of alkyl halides is 1. The molecule has 2 N–H and O–H groups in total. The van der Waals surface area contributed by atoms with Gasteiger partial charge in [0.25, 0.3) is 0 Å². The summed E-state index contributed by atoms with van der Waals surface area (Å²) in [6.07, 6.45) is 2.33. The van der Waals surface area contributed by atoms with Gasteiger partial charge in [-0.2, -0.15) is 0 Å². The summed E-state index contributed by atoms with van der Waals surface area (Å²) in [5, 5.41) is 0. The maximum Gasteiger partial charge on any atom is 0.168 e. The number of imidazole rings is 1. The lowest BCUT2D eigenvalue weighted by atomic mass is 10.1. The third-order valence-corrected chi connectivity index (χ3v) is 6.19. The van der Waals surface area contributed by atoms with Crippen LogP contribution in [0.2, 0.25) is 0 Å². The Morgan fingerprint density at radius 2 is 1.94 bits per heavy atom. The maximum absolute atomic E-state index is 6.11. The molecule has 0 unspecified atom stereocenters. The average Bonchev–Trinajstić information content (AvgIpc) is 3.50. The number of aliphatic imine (C=N–C) groups is 1. The van der Waals surface area contributed by atoms with Gasteiger partial charge >= 0.3 is 0 Å². The number of amidine groups is 1. The Hall–Kier alpha value is -2.85. The number of rotatable bonds is 11. The number of nitrogens with zero attached hydrogens (tertiary/aromatic N) is 4. The maximum atomic E-state index is 6.11. The summed E-state index contributed by atoms with van der Waals surface area (Å²) in [5.74, 6) is 2.81. The molecule has 178 valence electrons. The first kappa shape index (κ1) is 24.3. The fourth-order valence-corrected chi connectivity index (χ4v) is 4.33. The Balaban J connectivity index is 1.66. The second kappa shape index (κ2) is 11.5. The van der Waals surface area contributed by atoms with Gasteiger partial charge in [0.05, 0.1) is 23.0 Å². The number of furan rings is 1. The number of hydrogen-bond donors (Lipinski definition) is 1. The van der Waals surface area contributed by atoms with Gasteiger partial charge in [0, 0.05) is 19.5 Å². The average molecular weight is 571 g/mol. The number of fused-ring (bicyclic) bond motifs is 1. The van der Waals surface area contributed by atoms with Gasteiger partial charge in [0.1, 0.15) is 16.2 Å². The van der Waals surface area contributed by atoms with Crippen LogP contribution < -0.4 is 10.5 Å². The van der Waals surface area contributed by atoms with Crippen LogP contribution in [0.15, 0.2) is 70.3 Å². The Morgan fingerprint density at radius 3 is 2.62 bits per heavy atom. The molecule has 0 amide bonds. The lowest BCUT2D eigenvalue weighted by Crippen LogP contribution is -2.27. The lowest BCUT2D eigenvalue weighted by Gasteiger charge is -2.19. The Labute approximate surface area is 213 Å². The number of nitrogens with two attached hydrogens (primary N) is 1. The first-order valence-corrected chi connectivity index (χ1v) is 13.0. The summed E-state index contributed by atoms with van der Waals surface area (Å²) >= 11 is 2.20. The summed E-state index contributed by atoms with van der Waals surface area (Å²) in [7, 11) is 0. The highest BCUT2D eigenvalue weighted by Crippen LogP contribution is 2.25. The van der Waals surface area contributed by atoms with Crippen LogP contribution in [0.5, 0.6) is 5.75 Å². The van der Waals surface area contributed by atoms with Gasteiger partial charge in [-0.25, -0.2) is 9.98 Å². The minimum atomic E-state index is 0.347. The van der Waals surface area contributed by atoms with E-state index < -0.39 is 0 Å². The Kier molecular flexibility index (Phi) is 8.23. The van der Waals surface area contributed by atoms with E-state index in [1.54, 1.807) is 18.4 Å². The molecule has 0 bridgehead atoms. The van der Waals surface area contributed by atoms with Crippen molar-refractivity contribution in [2.24, 2.45) is 10.7 Å². The highest BCUT2D eigenvalue weighted by atomic mass is 127. The van der Waals surface area contributed by atoms with Crippen molar-refractivity contribution in [3.05, 3.63) is 78.0 Å². The molecule has 0 aliphatic rings. The van der Waals surface area contributed by atoms with Crippen molar-refractivity contribution in [3.63, 3.8) is 0 Å². The molecule has 0 fully saturated rings. The number of hydrogen-bond acceptors (Lipinski definition) is 5. The van der Waals surface area contributed by atoms with E-state index in [4.69, 9.17) is 19.9 Å². The van der Waals surface area contributed by atoms with E-state index in [9.17, 15) is 0 Å². The number of halogens is 1. The molecule has 0 radical (unpaired) electrons. The zero-order valence-corrected chi connectivity index (χ0v) is 21.7. The molecule has 0 saturated carbocycles. The predicted octanol–water partition coefficient (Wildman–Crippen LogP) is 5.37. The van der Waals surface area contributed by atoms with Crippen molar-refractivity contribution in [1.29, 1.82) is 0 Å². The predicted molar refractivity (Wildman–Crippen MR) is 145 cm³/mol. The SMILES string of the molecule is CCN(CC)CCn1c(Cc2ccc(OCI)cc2)nc2cc(N=C(N)c3ccco3)ccc21. The third kappa shape index (κ3) is 5.79. The fraction of sp³-hybridized carbons (Fsp3) is 0.308. The molecule has 4 rings (SSSR count). The van der Waals surface area contributed by atoms with E-state index in [0.29, 0.717) is 16.2 Å². The van der Waals surface area contributed by atoms with Crippen molar-refractivity contribution in [3.8, 4) is 5.75 Å². The first-order valence-electron chi connectivity index (χ1n) is 11.5. The number of benzene rings is 2. The molecular weight excluding hydrogens is 541 g/mol. The quantitative estimate of drug-likeness (QED) is 0.113. The van der Waals surface area contributed by atoms with Crippen molar-refractivity contribution >= 4 is 45.1 Å². The van der Waals surface area contributed by atoms with Crippen molar-refractivity contribution in [2.45, 2.75) is 26.8 Å². The minimum absolute atomic E-state index is 0.347. The molecule has 2 aromatic carbocycles. The van der Waals surface area contributed by atoms with Crippen LogP contribution in [-0.4, -0.2) is 44.5 Å². The summed E-state index contributed by atoms with van der Waals surface area (Å²) in [6.45, 7) is 8.30. The van der Waals surface area contributed by atoms with Gasteiger partial charge in [-0.15, -0.1) is 0 Å². The van der Waals surface area contributed by atoms with Crippen LogP contribution >= 0.6 is 22.6 Å². The number of ether oxygens (including phenoxy) is 1. The zero-order valence-electron chi connectivity index (χ0n) is 19.6. The monoisotopic (exact) mass is 571 g/mol. The molecule has 7 nitrogen and oxygen atoms in total. The molecule has 0 spiro atoms. The second-order valence-corrected chi connectivity index (χ2v) is 8.55. The van der Waals surface area contributed by atoms with Crippen molar-refractivity contribution in [1.82, 2.24) is 14.5 Å². The molecule has 2 aromatic heterocycles. The molecular formula is C26H30IN5O2. The van der Waals surface area contributed by atoms with E-state index in [0.717, 1.165) is 60.9 Å². The summed E-state index contributed by atoms with van der Waals surface area (Å²) in [5.41, 5.74) is 10.1. The fourth-order valence-electron chi connectivity index (χ4n) is 3.97. The van der Waals surface area contributed by atoms with Gasteiger partial charge in [-0.1, -0.05) is 26.0 Å². The van der Waals surface area contributed by atoms with Crippen LogP contribution in [0.25, 0.3) is 11.0 Å². The second-order valence-electron chi connectivity index (χ2n) is 7.93. The normalized spacial score (nSPS) is 12.1. The lowest BCUT2D eigenvalue weighted by molar-refractivity contribution is 0.291. The highest BCUT2D eigenvalue weighted by Gasteiger charge is 2.14. The molecule has 0 aliphatic carbocycles. The van der Waals surface area contributed by atoms with Crippen molar-refractivity contribution in [2.75, 3.05) is 24.2 Å². The smallest absolute Gasteiger partial charge is 0.168 e. The van der Waals surface area contributed by atoms with E-state index in [1.807, 2.05) is 24.3 Å². The van der Waals surface area contributed by atoms with E-state index in [2.05, 4.69) is 69.1 Å². The summed E-state index contributed by atoms with van der Waals surface area (Å²) in [4.78, 5) is 12.0. The summed E-state index contributed by atoms with van der Waals surface area (Å²) < 4.78 is 13.9. The van der Waals surface area contributed by atoms with Crippen molar-refractivity contribution < 1.29 is 9.15 Å². The summed E-state index contributed by atoms with van der Waals surface area (Å²) in [6, 6.07) is 17.9. The largest absolute Gasteiger partial charge is 0.483 e. The molecule has 0 saturated heterocycles. The topological polar surface area (TPSA) is 81.8 Å². The molecule has 2 heterocycles. The van der Waals surface area contributed by atoms with E-state index >= 15 is 0 Å². The van der Waals surface area contributed by atoms with Gasteiger partial charge < -0.3 is 24.4 Å². The van der Waals surface area contributed by atoms with Gasteiger partial charge in [-0.05, 0) is 83.7 Å². The zero-order chi connectivity index (χ0) is 23.9. The van der Waals surface area contributed by atoms with Crippen LogP contribution in [0, 0.1) is 0 Å². The Morgan fingerprint density at radius 1 is 1.15 bits per heavy atom. The van der Waals surface area contributed by atoms with Crippen LogP contribution in [-0.2, 0) is 13.0 Å². The molecule has 0 aliphatic heterocycles. The number of likely N-dealkylation sites (N-methyl/N-ethyl adjacent to an activating group) is 1. The standard InChI is InChI=1S/C26H30IN5O2/c1-3-31(4-2)13-14-32-23-12-9-20(29-26(28)24-6-5-15-33-24)17-22(23)30-25(32)16-19-7-10-21(11-8-19)34-18-27/h5-12,15,17H,3-4,13-14,16,18H2,1-2H3,(H2,28,29). The van der Waals surface area contributed by atoms with Crippen LogP contribution in [0.4, 0.5) is 5.69 Å². The molecule has 34 heavy (non-hydrogen) atoms.